The van der Waals surface area contributed by atoms with Gasteiger partial charge in [-0.3, -0.25) is 4.79 Å². The highest BCUT2D eigenvalue weighted by Crippen LogP contribution is 2.26. The van der Waals surface area contributed by atoms with E-state index in [2.05, 4.69) is 10.3 Å². The highest BCUT2D eigenvalue weighted by Gasteiger charge is 2.09. The highest BCUT2D eigenvalue weighted by molar-refractivity contribution is 6.01. The summed E-state index contributed by atoms with van der Waals surface area (Å²) in [5, 5.41) is 3.82. The van der Waals surface area contributed by atoms with Gasteiger partial charge in [0.1, 0.15) is 0 Å². The Morgan fingerprint density at radius 1 is 1.09 bits per heavy atom. The Kier molecular flexibility index (Phi) is 3.96. The topological polar surface area (TPSA) is 63.4 Å². The van der Waals surface area contributed by atoms with Crippen LogP contribution >= 0.6 is 0 Å². The van der Waals surface area contributed by atoms with Crippen LogP contribution < -0.4 is 14.8 Å². The van der Waals surface area contributed by atoms with Gasteiger partial charge in [0.25, 0.3) is 5.91 Å². The van der Waals surface area contributed by atoms with Gasteiger partial charge in [-0.05, 0) is 30.3 Å². The minimum atomic E-state index is -0.223. The summed E-state index contributed by atoms with van der Waals surface area (Å²) in [6, 6.07) is 14.8. The van der Waals surface area contributed by atoms with Gasteiger partial charge in [-0.2, -0.15) is 0 Å². The maximum Gasteiger partial charge on any atom is 0.262 e. The fourth-order valence-electron chi connectivity index (χ4n) is 2.26. The number of hydrogen-bond acceptors (Lipinski definition) is 3. The number of rotatable bonds is 5. The number of ether oxygens (including phenoxy) is 2. The lowest BCUT2D eigenvalue weighted by atomic mass is 10.2. The fourth-order valence-corrected chi connectivity index (χ4v) is 2.26. The van der Waals surface area contributed by atoms with E-state index in [1.54, 1.807) is 19.2 Å². The molecule has 0 saturated heterocycles. The van der Waals surface area contributed by atoms with E-state index in [-0.39, 0.29) is 12.5 Å². The van der Waals surface area contributed by atoms with Crippen molar-refractivity contribution in [1.82, 2.24) is 4.98 Å². The molecule has 1 aromatic heterocycles. The van der Waals surface area contributed by atoms with Crippen molar-refractivity contribution in [2.75, 3.05) is 19.0 Å². The molecule has 0 unspecified atom stereocenters. The second kappa shape index (κ2) is 6.22. The van der Waals surface area contributed by atoms with E-state index in [4.69, 9.17) is 9.47 Å². The zero-order chi connectivity index (χ0) is 15.4. The number of anilines is 1. The smallest absolute Gasteiger partial charge is 0.262 e. The molecule has 22 heavy (non-hydrogen) atoms. The van der Waals surface area contributed by atoms with Gasteiger partial charge in [0, 0.05) is 17.1 Å². The summed E-state index contributed by atoms with van der Waals surface area (Å²) in [7, 11) is 1.56. The van der Waals surface area contributed by atoms with E-state index in [0.29, 0.717) is 11.5 Å². The Labute approximate surface area is 127 Å². The maximum atomic E-state index is 12.1. The minimum Gasteiger partial charge on any atom is -0.493 e. The molecule has 0 fully saturated rings. The predicted molar refractivity (Wildman–Crippen MR) is 85.4 cm³/mol. The van der Waals surface area contributed by atoms with E-state index in [1.807, 2.05) is 42.6 Å². The number of amides is 1. The number of para-hydroxylation sites is 2. The molecule has 0 aliphatic carbocycles. The van der Waals surface area contributed by atoms with Crippen LogP contribution in [-0.2, 0) is 4.79 Å². The molecule has 2 aromatic carbocycles. The van der Waals surface area contributed by atoms with Gasteiger partial charge in [-0.15, -0.1) is 0 Å². The molecule has 5 heteroatoms. The van der Waals surface area contributed by atoms with Crippen molar-refractivity contribution in [3.05, 3.63) is 54.7 Å². The first-order valence-corrected chi connectivity index (χ1v) is 6.89. The van der Waals surface area contributed by atoms with E-state index in [0.717, 1.165) is 16.6 Å². The lowest BCUT2D eigenvalue weighted by molar-refractivity contribution is -0.118. The standard InChI is InChI=1S/C17H16N2O3/c1-21-15-7-2-3-8-16(15)22-11-17(20)19-14-6-4-5-13-12(14)9-10-18-13/h2-10,18H,11H2,1H3,(H,19,20). The molecule has 0 aliphatic heterocycles. The third-order valence-electron chi connectivity index (χ3n) is 3.30. The average molecular weight is 296 g/mol. The molecule has 0 aliphatic rings. The van der Waals surface area contributed by atoms with Crippen LogP contribution in [0.2, 0.25) is 0 Å². The van der Waals surface area contributed by atoms with Crippen LogP contribution in [0.5, 0.6) is 11.5 Å². The molecule has 3 aromatic rings. The molecular formula is C17H16N2O3. The zero-order valence-electron chi connectivity index (χ0n) is 12.1. The number of carbonyl (C=O) groups excluding carboxylic acids is 1. The molecular weight excluding hydrogens is 280 g/mol. The molecule has 5 nitrogen and oxygen atoms in total. The lowest BCUT2D eigenvalue weighted by Gasteiger charge is -2.11. The summed E-state index contributed by atoms with van der Waals surface area (Å²) in [5.41, 5.74) is 1.73. The SMILES string of the molecule is COc1ccccc1OCC(=O)Nc1cccc2[nH]ccc12. The van der Waals surface area contributed by atoms with Gasteiger partial charge in [-0.25, -0.2) is 0 Å². The van der Waals surface area contributed by atoms with Gasteiger partial charge in [0.2, 0.25) is 0 Å². The number of benzene rings is 2. The van der Waals surface area contributed by atoms with Crippen LogP contribution in [0, 0.1) is 0 Å². The number of nitrogens with one attached hydrogen (secondary N) is 2. The van der Waals surface area contributed by atoms with E-state index < -0.39 is 0 Å². The van der Waals surface area contributed by atoms with Crippen LogP contribution in [0.3, 0.4) is 0 Å². The van der Waals surface area contributed by atoms with Crippen molar-refractivity contribution in [3.63, 3.8) is 0 Å². The Bertz CT molecular complexity index is 795. The summed E-state index contributed by atoms with van der Waals surface area (Å²) in [4.78, 5) is 15.2. The van der Waals surface area contributed by atoms with Crippen LogP contribution in [0.4, 0.5) is 5.69 Å². The first kappa shape index (κ1) is 14.0. The van der Waals surface area contributed by atoms with Crippen molar-refractivity contribution in [3.8, 4) is 11.5 Å². The predicted octanol–water partition coefficient (Wildman–Crippen LogP) is 3.19. The molecule has 1 amide bonds. The van der Waals surface area contributed by atoms with Gasteiger partial charge in [-0.1, -0.05) is 18.2 Å². The summed E-state index contributed by atoms with van der Waals surface area (Å²) < 4.78 is 10.7. The normalized spacial score (nSPS) is 10.4. The Morgan fingerprint density at radius 3 is 2.73 bits per heavy atom. The first-order valence-electron chi connectivity index (χ1n) is 6.89. The third kappa shape index (κ3) is 2.88. The monoisotopic (exact) mass is 296 g/mol. The molecule has 0 saturated carbocycles. The van der Waals surface area contributed by atoms with Crippen LogP contribution in [0.25, 0.3) is 10.9 Å². The molecule has 0 atom stereocenters. The Morgan fingerprint density at radius 2 is 1.91 bits per heavy atom. The van der Waals surface area contributed by atoms with Gasteiger partial charge >= 0.3 is 0 Å². The van der Waals surface area contributed by atoms with Gasteiger partial charge in [0.15, 0.2) is 18.1 Å². The summed E-state index contributed by atoms with van der Waals surface area (Å²) >= 11 is 0. The molecule has 0 bridgehead atoms. The second-order valence-corrected chi connectivity index (χ2v) is 4.73. The molecule has 112 valence electrons. The fraction of sp³-hybridized carbons (Fsp3) is 0.118. The van der Waals surface area contributed by atoms with Gasteiger partial charge in [0.05, 0.1) is 12.8 Å². The Balaban J connectivity index is 1.67. The molecule has 3 rings (SSSR count). The third-order valence-corrected chi connectivity index (χ3v) is 3.30. The Hall–Kier alpha value is -2.95. The van der Waals surface area contributed by atoms with Crippen LogP contribution in [0.15, 0.2) is 54.7 Å². The van der Waals surface area contributed by atoms with Crippen LogP contribution in [0.1, 0.15) is 0 Å². The second-order valence-electron chi connectivity index (χ2n) is 4.73. The number of carbonyl (C=O) groups is 1. The number of aromatic amines is 1. The van der Waals surface area contributed by atoms with E-state index in [9.17, 15) is 4.79 Å². The largest absolute Gasteiger partial charge is 0.493 e. The van der Waals surface area contributed by atoms with Crippen LogP contribution in [-0.4, -0.2) is 24.6 Å². The summed E-state index contributed by atoms with van der Waals surface area (Å²) in [6.45, 7) is -0.0822. The average Bonchev–Trinajstić information content (AvgIpc) is 3.03. The molecule has 1 heterocycles. The number of H-pyrrole nitrogens is 1. The number of aromatic nitrogens is 1. The summed E-state index contributed by atoms with van der Waals surface area (Å²) in [6.07, 6.45) is 1.84. The molecule has 0 radical (unpaired) electrons. The molecule has 2 N–H and O–H groups in total. The van der Waals surface area contributed by atoms with Crippen molar-refractivity contribution in [2.45, 2.75) is 0 Å². The van der Waals surface area contributed by atoms with E-state index >= 15 is 0 Å². The highest BCUT2D eigenvalue weighted by atomic mass is 16.5. The minimum absolute atomic E-state index is 0.0822. The molecule has 0 spiro atoms. The van der Waals surface area contributed by atoms with E-state index in [1.165, 1.54) is 0 Å². The van der Waals surface area contributed by atoms with Gasteiger partial charge < -0.3 is 19.8 Å². The van der Waals surface area contributed by atoms with Crippen molar-refractivity contribution in [2.24, 2.45) is 0 Å². The quantitative estimate of drug-likeness (QED) is 0.760. The lowest BCUT2D eigenvalue weighted by Crippen LogP contribution is -2.20. The number of hydrogen-bond donors (Lipinski definition) is 2. The van der Waals surface area contributed by atoms with Crippen molar-refractivity contribution in [1.29, 1.82) is 0 Å². The summed E-state index contributed by atoms with van der Waals surface area (Å²) in [5.74, 6) is 0.919. The number of methoxy groups -OCH3 is 1. The maximum absolute atomic E-state index is 12.1. The van der Waals surface area contributed by atoms with Crippen molar-refractivity contribution >= 4 is 22.5 Å². The number of fused-ring (bicyclic) bond motifs is 1. The zero-order valence-corrected chi connectivity index (χ0v) is 12.1. The van der Waals surface area contributed by atoms with Crippen molar-refractivity contribution < 1.29 is 14.3 Å². The first-order chi connectivity index (χ1) is 10.8.